The summed E-state index contributed by atoms with van der Waals surface area (Å²) in [5.74, 6) is 0.797. The smallest absolute Gasteiger partial charge is 0.0507 e. The van der Waals surface area contributed by atoms with Gasteiger partial charge in [-0.1, -0.05) is 20.8 Å². The molecule has 0 amide bonds. The monoisotopic (exact) mass is 268 g/mol. The van der Waals surface area contributed by atoms with Crippen molar-refractivity contribution in [2.24, 2.45) is 11.3 Å². The van der Waals surface area contributed by atoms with Crippen molar-refractivity contribution < 1.29 is 4.74 Å². The third kappa shape index (κ3) is 5.80. The summed E-state index contributed by atoms with van der Waals surface area (Å²) in [5, 5.41) is 3.74. The number of nitrogens with one attached hydrogen (secondary N) is 1. The van der Waals surface area contributed by atoms with Crippen molar-refractivity contribution in [3.05, 3.63) is 0 Å². The maximum Gasteiger partial charge on any atom is 0.0507 e. The van der Waals surface area contributed by atoms with E-state index in [1.807, 2.05) is 0 Å². The first kappa shape index (κ1) is 15.3. The van der Waals surface area contributed by atoms with E-state index in [1.165, 1.54) is 51.9 Å². The molecule has 2 rings (SSSR count). The summed E-state index contributed by atoms with van der Waals surface area (Å²) in [5.41, 5.74) is 0.455. The van der Waals surface area contributed by atoms with E-state index < -0.39 is 0 Å². The van der Waals surface area contributed by atoms with Gasteiger partial charge in [-0.2, -0.15) is 0 Å². The molecule has 19 heavy (non-hydrogen) atoms. The van der Waals surface area contributed by atoms with Gasteiger partial charge in [0.15, 0.2) is 0 Å². The Bertz CT molecular complexity index is 248. The molecule has 2 aliphatic rings. The van der Waals surface area contributed by atoms with E-state index in [2.05, 4.69) is 31.0 Å². The van der Waals surface area contributed by atoms with Crippen molar-refractivity contribution in [3.8, 4) is 0 Å². The first-order valence-electron chi connectivity index (χ1n) is 8.06. The van der Waals surface area contributed by atoms with E-state index in [-0.39, 0.29) is 0 Å². The summed E-state index contributed by atoms with van der Waals surface area (Å²) in [6.07, 6.45) is 5.17. The summed E-state index contributed by atoms with van der Waals surface area (Å²) < 4.78 is 5.47. The Morgan fingerprint density at radius 3 is 2.47 bits per heavy atom. The Balaban J connectivity index is 1.57. The van der Waals surface area contributed by atoms with Crippen LogP contribution in [0.4, 0.5) is 0 Å². The fraction of sp³-hybridized carbons (Fsp3) is 1.00. The molecule has 0 aromatic carbocycles. The summed E-state index contributed by atoms with van der Waals surface area (Å²) in [4.78, 5) is 2.64. The molecule has 2 heterocycles. The van der Waals surface area contributed by atoms with Gasteiger partial charge in [-0.05, 0) is 56.7 Å². The molecule has 0 spiro atoms. The fourth-order valence-corrected chi connectivity index (χ4v) is 3.06. The van der Waals surface area contributed by atoms with Gasteiger partial charge >= 0.3 is 0 Å². The molecule has 0 aromatic heterocycles. The largest absolute Gasteiger partial charge is 0.381 e. The first-order chi connectivity index (χ1) is 9.03. The second-order valence-electron chi connectivity index (χ2n) is 7.57. The maximum atomic E-state index is 5.47. The van der Waals surface area contributed by atoms with Crippen molar-refractivity contribution in [1.82, 2.24) is 10.2 Å². The van der Waals surface area contributed by atoms with Crippen molar-refractivity contribution in [3.63, 3.8) is 0 Å². The third-order valence-electron chi connectivity index (χ3n) is 4.44. The van der Waals surface area contributed by atoms with Crippen LogP contribution in [0.3, 0.4) is 0 Å². The zero-order valence-electron chi connectivity index (χ0n) is 13.1. The molecule has 1 unspecified atom stereocenters. The summed E-state index contributed by atoms with van der Waals surface area (Å²) >= 11 is 0. The third-order valence-corrected chi connectivity index (χ3v) is 4.44. The van der Waals surface area contributed by atoms with E-state index in [9.17, 15) is 0 Å². The highest BCUT2D eigenvalue weighted by atomic mass is 16.5. The van der Waals surface area contributed by atoms with Gasteiger partial charge < -0.3 is 15.0 Å². The lowest BCUT2D eigenvalue weighted by Crippen LogP contribution is -2.44. The van der Waals surface area contributed by atoms with Crippen LogP contribution < -0.4 is 5.32 Å². The van der Waals surface area contributed by atoms with Gasteiger partial charge in [0, 0.05) is 19.2 Å². The number of piperidine rings is 1. The molecule has 2 saturated heterocycles. The molecule has 0 radical (unpaired) electrons. The number of rotatable bonds is 5. The average molecular weight is 268 g/mol. The molecular weight excluding hydrogens is 236 g/mol. The average Bonchev–Trinajstić information content (AvgIpc) is 2.83. The Hall–Kier alpha value is -0.120. The molecule has 0 bridgehead atoms. The quantitative estimate of drug-likeness (QED) is 0.829. The highest BCUT2D eigenvalue weighted by molar-refractivity contribution is 4.80. The highest BCUT2D eigenvalue weighted by Gasteiger charge is 2.23. The van der Waals surface area contributed by atoms with Gasteiger partial charge in [-0.3, -0.25) is 0 Å². The molecule has 2 fully saturated rings. The lowest BCUT2D eigenvalue weighted by Gasteiger charge is -2.34. The first-order valence-corrected chi connectivity index (χ1v) is 8.06. The Morgan fingerprint density at radius 1 is 1.16 bits per heavy atom. The molecule has 0 aliphatic carbocycles. The van der Waals surface area contributed by atoms with Gasteiger partial charge in [0.1, 0.15) is 0 Å². The molecule has 0 aromatic rings. The van der Waals surface area contributed by atoms with Crippen LogP contribution in [-0.4, -0.2) is 50.3 Å². The van der Waals surface area contributed by atoms with E-state index in [0.29, 0.717) is 5.41 Å². The van der Waals surface area contributed by atoms with E-state index in [0.717, 1.165) is 25.2 Å². The van der Waals surface area contributed by atoms with Crippen molar-refractivity contribution >= 4 is 0 Å². The topological polar surface area (TPSA) is 24.5 Å². The van der Waals surface area contributed by atoms with Crippen LogP contribution in [0, 0.1) is 11.3 Å². The number of nitrogens with zero attached hydrogens (tertiary/aromatic N) is 1. The minimum absolute atomic E-state index is 0.455. The van der Waals surface area contributed by atoms with Crippen LogP contribution in [0.5, 0.6) is 0 Å². The number of ether oxygens (including phenoxy) is 1. The summed E-state index contributed by atoms with van der Waals surface area (Å²) in [6, 6.07) is 0.749. The minimum atomic E-state index is 0.455. The van der Waals surface area contributed by atoms with Crippen LogP contribution in [0.25, 0.3) is 0 Å². The Kier molecular flexibility index (Phi) is 5.67. The Labute approximate surface area is 119 Å². The number of hydrogen-bond donors (Lipinski definition) is 1. The summed E-state index contributed by atoms with van der Waals surface area (Å²) in [7, 11) is 0. The van der Waals surface area contributed by atoms with Gasteiger partial charge in [-0.15, -0.1) is 0 Å². The molecular formula is C16H32N2O. The van der Waals surface area contributed by atoms with E-state index in [1.54, 1.807) is 0 Å². The summed E-state index contributed by atoms with van der Waals surface area (Å²) in [6.45, 7) is 13.9. The Morgan fingerprint density at radius 2 is 1.89 bits per heavy atom. The molecule has 0 saturated carbocycles. The number of likely N-dealkylation sites (tertiary alicyclic amines) is 1. The van der Waals surface area contributed by atoms with Crippen LogP contribution in [0.15, 0.2) is 0 Å². The zero-order valence-corrected chi connectivity index (χ0v) is 13.1. The fourth-order valence-electron chi connectivity index (χ4n) is 3.06. The highest BCUT2D eigenvalue weighted by Crippen LogP contribution is 2.19. The SMILES string of the molecule is CC(C)(C)CCNC1CCN(CC2CCOC2)CC1. The van der Waals surface area contributed by atoms with Crippen LogP contribution in [-0.2, 0) is 4.74 Å². The molecule has 3 nitrogen and oxygen atoms in total. The van der Waals surface area contributed by atoms with Crippen LogP contribution in [0.1, 0.15) is 46.5 Å². The van der Waals surface area contributed by atoms with E-state index in [4.69, 9.17) is 4.74 Å². The van der Waals surface area contributed by atoms with Crippen molar-refractivity contribution in [1.29, 1.82) is 0 Å². The lowest BCUT2D eigenvalue weighted by molar-refractivity contribution is 0.146. The minimum Gasteiger partial charge on any atom is -0.381 e. The maximum absolute atomic E-state index is 5.47. The zero-order chi connectivity index (χ0) is 13.7. The predicted molar refractivity (Wildman–Crippen MR) is 80.5 cm³/mol. The second kappa shape index (κ2) is 7.05. The molecule has 112 valence electrons. The molecule has 3 heteroatoms. The van der Waals surface area contributed by atoms with Crippen molar-refractivity contribution in [2.75, 3.05) is 39.4 Å². The molecule has 1 atom stereocenters. The standard InChI is InChI=1S/C16H32N2O/c1-16(2,3)7-8-17-15-4-9-18(10-5-15)12-14-6-11-19-13-14/h14-15,17H,4-13H2,1-3H3. The van der Waals surface area contributed by atoms with Crippen LogP contribution >= 0.6 is 0 Å². The number of hydrogen-bond acceptors (Lipinski definition) is 3. The van der Waals surface area contributed by atoms with Gasteiger partial charge in [0.05, 0.1) is 6.61 Å². The second-order valence-corrected chi connectivity index (χ2v) is 7.57. The van der Waals surface area contributed by atoms with Crippen LogP contribution in [0.2, 0.25) is 0 Å². The van der Waals surface area contributed by atoms with Gasteiger partial charge in [0.2, 0.25) is 0 Å². The van der Waals surface area contributed by atoms with Gasteiger partial charge in [-0.25, -0.2) is 0 Å². The predicted octanol–water partition coefficient (Wildman–Crippen LogP) is 2.51. The van der Waals surface area contributed by atoms with E-state index >= 15 is 0 Å². The van der Waals surface area contributed by atoms with Crippen molar-refractivity contribution in [2.45, 2.75) is 52.5 Å². The lowest BCUT2D eigenvalue weighted by atomic mass is 9.92. The molecule has 2 aliphatic heterocycles. The normalized spacial score (nSPS) is 27.0. The molecule has 1 N–H and O–H groups in total. The van der Waals surface area contributed by atoms with Gasteiger partial charge in [0.25, 0.3) is 0 Å².